The van der Waals surface area contributed by atoms with E-state index in [-0.39, 0.29) is 19.1 Å². The van der Waals surface area contributed by atoms with Gasteiger partial charge in [-0.1, -0.05) is 35.3 Å². The van der Waals surface area contributed by atoms with E-state index in [1.54, 1.807) is 54.9 Å². The third kappa shape index (κ3) is 9.03. The zero-order chi connectivity index (χ0) is 34.3. The lowest BCUT2D eigenvalue weighted by Crippen LogP contribution is -2.43. The van der Waals surface area contributed by atoms with Crippen molar-refractivity contribution in [1.29, 1.82) is 0 Å². The summed E-state index contributed by atoms with van der Waals surface area (Å²) in [7, 11) is 0. The number of nitrogens with zero attached hydrogens (tertiary/aromatic N) is 9. The topological polar surface area (TPSA) is 109 Å². The molecule has 49 heavy (non-hydrogen) atoms. The number of fused-ring (bicyclic) bond motifs is 2. The normalized spacial score (nSPS) is 18.2. The molecule has 0 radical (unpaired) electrons. The van der Waals surface area contributed by atoms with Gasteiger partial charge in [-0.3, -0.25) is 0 Å². The number of benzene rings is 2. The minimum atomic E-state index is -0.540. The molecule has 4 heterocycles. The maximum atomic E-state index is 13.1. The van der Waals surface area contributed by atoms with Crippen molar-refractivity contribution in [3.8, 4) is 23.5 Å². The number of aryl methyl sites for hydroxylation is 3. The third-order valence-electron chi connectivity index (χ3n) is 8.46. The highest BCUT2D eigenvalue weighted by Gasteiger charge is 2.43. The fourth-order valence-corrected chi connectivity index (χ4v) is 7.02. The summed E-state index contributed by atoms with van der Waals surface area (Å²) in [5.74, 6) is 4.44. The Bertz CT molecular complexity index is 1850. The Morgan fingerprint density at radius 1 is 0.816 bits per heavy atom. The monoisotopic (exact) mass is 775 g/mol. The highest BCUT2D eigenvalue weighted by molar-refractivity contribution is 9.10. The van der Waals surface area contributed by atoms with Crippen LogP contribution in [0.4, 0.5) is 14.6 Å². The van der Waals surface area contributed by atoms with Crippen molar-refractivity contribution in [3.63, 3.8) is 0 Å². The molecular weight excluding hydrogens is 743 g/mol. The van der Waals surface area contributed by atoms with Crippen molar-refractivity contribution >= 4 is 44.9 Å². The van der Waals surface area contributed by atoms with Gasteiger partial charge in [0.15, 0.2) is 5.82 Å². The molecule has 2 atom stereocenters. The molecule has 0 amide bonds. The fraction of sp³-hybridized carbons (Fsp3) is 0.394. The number of anilines is 1. The Hall–Kier alpha value is -3.88. The maximum Gasteiger partial charge on any atom is 0.321 e. The number of rotatable bonds is 11. The van der Waals surface area contributed by atoms with Gasteiger partial charge in [-0.15, -0.1) is 5.10 Å². The van der Waals surface area contributed by atoms with Crippen molar-refractivity contribution in [3.05, 3.63) is 87.2 Å². The Labute approximate surface area is 300 Å². The van der Waals surface area contributed by atoms with Crippen LogP contribution in [0, 0.1) is 24.7 Å². The fourth-order valence-electron chi connectivity index (χ4n) is 6.31. The van der Waals surface area contributed by atoms with Crippen LogP contribution in [0.1, 0.15) is 24.4 Å². The lowest BCUT2D eigenvalue weighted by molar-refractivity contribution is 0.264. The van der Waals surface area contributed by atoms with Gasteiger partial charge in [0.2, 0.25) is 4.73 Å². The summed E-state index contributed by atoms with van der Waals surface area (Å²) >= 11 is 15.0. The van der Waals surface area contributed by atoms with Gasteiger partial charge >= 0.3 is 12.0 Å². The molecule has 0 N–H and O–H groups in total. The predicted molar refractivity (Wildman–Crippen MR) is 185 cm³/mol. The van der Waals surface area contributed by atoms with Crippen molar-refractivity contribution in [2.24, 2.45) is 17.8 Å². The van der Waals surface area contributed by atoms with E-state index >= 15 is 0 Å². The van der Waals surface area contributed by atoms with Gasteiger partial charge in [0.25, 0.3) is 0 Å². The molecule has 1 saturated heterocycles. The molecule has 11 nitrogen and oxygen atoms in total. The Morgan fingerprint density at radius 3 is 1.98 bits per heavy atom. The van der Waals surface area contributed by atoms with E-state index in [0.717, 1.165) is 31.0 Å². The van der Waals surface area contributed by atoms with Crippen LogP contribution in [-0.2, 0) is 19.5 Å². The summed E-state index contributed by atoms with van der Waals surface area (Å²) in [5.41, 5.74) is 0.985. The maximum absolute atomic E-state index is 13.1. The van der Waals surface area contributed by atoms with E-state index in [2.05, 4.69) is 57.0 Å². The molecular formula is C33H34BrCl2F2N9O2. The molecule has 0 spiro atoms. The lowest BCUT2D eigenvalue weighted by Gasteiger charge is -2.38. The summed E-state index contributed by atoms with van der Waals surface area (Å²) in [6, 6.07) is 16.5. The summed E-state index contributed by atoms with van der Waals surface area (Å²) < 4.78 is 40.0. The van der Waals surface area contributed by atoms with Crippen LogP contribution in [0.3, 0.4) is 0 Å². The summed E-state index contributed by atoms with van der Waals surface area (Å²) in [6.45, 7) is 3.09. The first-order valence-electron chi connectivity index (χ1n) is 15.8. The first-order chi connectivity index (χ1) is 23.8. The molecule has 2 fully saturated rings. The van der Waals surface area contributed by atoms with Crippen LogP contribution < -0.4 is 14.4 Å². The second kappa shape index (κ2) is 16.2. The second-order valence-electron chi connectivity index (χ2n) is 11.8. The predicted octanol–water partition coefficient (Wildman–Crippen LogP) is 7.95. The minimum absolute atomic E-state index is 0.0918. The first kappa shape index (κ1) is 35.0. The van der Waals surface area contributed by atoms with E-state index in [1.165, 1.54) is 22.2 Å². The van der Waals surface area contributed by atoms with E-state index in [0.29, 0.717) is 55.9 Å². The zero-order valence-corrected chi connectivity index (χ0v) is 29.7. The molecule has 5 aromatic rings. The molecule has 2 bridgehead atoms. The summed E-state index contributed by atoms with van der Waals surface area (Å²) in [6.07, 6.45) is 4.82. The van der Waals surface area contributed by atoms with E-state index in [4.69, 9.17) is 32.7 Å². The minimum Gasteiger partial charge on any atom is -0.424 e. The summed E-state index contributed by atoms with van der Waals surface area (Å²) in [4.78, 5) is 19.7. The molecule has 7 rings (SSSR count). The van der Waals surface area contributed by atoms with E-state index < -0.39 is 13.3 Å². The Balaban J connectivity index is 0.000000207. The van der Waals surface area contributed by atoms with Crippen molar-refractivity contribution in [2.45, 2.75) is 39.3 Å². The van der Waals surface area contributed by atoms with Gasteiger partial charge in [0, 0.05) is 41.3 Å². The number of hydrogen-bond donors (Lipinski definition) is 0. The average molecular weight is 778 g/mol. The van der Waals surface area contributed by atoms with E-state index in [9.17, 15) is 8.78 Å². The molecule has 258 valence electrons. The quantitative estimate of drug-likeness (QED) is 0.132. The van der Waals surface area contributed by atoms with Gasteiger partial charge < -0.3 is 14.4 Å². The molecule has 3 aromatic heterocycles. The molecule has 1 aliphatic carbocycles. The standard InChI is InChI=1S/C23H26ClFN6O.C10H8BrClFN3O/c1-15-9-22(27-14-26-15)30-12-16-5-6-17(13-30)20(16)11-21-28-23(31(29-21)8-7-25)32-19-4-2-3-18(24)10-19;11-9-14-10(16(15-9)5-4-13)17-8-3-1-2-7(12)6-8/h2-4,9-10,14,16-17,20H,5-8,11-13H2,1H3;1-3,6H,4-5H2. The molecule has 2 aliphatic rings. The SMILES string of the molecule is Cc1cc(N2CC3CCC(C2)C3Cc2nc(Oc3cccc(Cl)c3)n(CCF)n2)ncn1.FCCn1nc(Br)nc1Oc1cccc(Cl)c1. The highest BCUT2D eigenvalue weighted by atomic mass is 79.9. The zero-order valence-electron chi connectivity index (χ0n) is 26.6. The van der Waals surface area contributed by atoms with Crippen LogP contribution in [-0.4, -0.2) is 65.9 Å². The average Bonchev–Trinajstić information content (AvgIpc) is 3.68. The molecule has 2 unspecified atom stereocenters. The number of alkyl halides is 2. The number of piperidine rings is 1. The van der Waals surface area contributed by atoms with Gasteiger partial charge in [-0.05, 0) is 89.8 Å². The number of hydrogen-bond acceptors (Lipinski definition) is 9. The number of ether oxygens (including phenoxy) is 2. The van der Waals surface area contributed by atoms with Crippen LogP contribution in [0.15, 0.2) is 65.7 Å². The highest BCUT2D eigenvalue weighted by Crippen LogP contribution is 2.44. The largest absolute Gasteiger partial charge is 0.424 e. The van der Waals surface area contributed by atoms with Crippen LogP contribution >= 0.6 is 39.1 Å². The van der Waals surface area contributed by atoms with Crippen LogP contribution in [0.5, 0.6) is 23.5 Å². The lowest BCUT2D eigenvalue weighted by atomic mass is 9.82. The van der Waals surface area contributed by atoms with Crippen molar-refractivity contribution in [1.82, 2.24) is 39.5 Å². The first-order valence-corrected chi connectivity index (χ1v) is 17.4. The van der Waals surface area contributed by atoms with Gasteiger partial charge in [-0.2, -0.15) is 15.1 Å². The van der Waals surface area contributed by atoms with E-state index in [1.807, 2.05) is 6.92 Å². The number of aromatic nitrogens is 8. The third-order valence-corrected chi connectivity index (χ3v) is 9.26. The Kier molecular flexibility index (Phi) is 11.6. The van der Waals surface area contributed by atoms with Crippen molar-refractivity contribution < 1.29 is 18.3 Å². The Morgan fingerprint density at radius 2 is 1.41 bits per heavy atom. The molecule has 1 saturated carbocycles. The molecule has 1 aliphatic heterocycles. The second-order valence-corrected chi connectivity index (χ2v) is 13.4. The van der Waals surface area contributed by atoms with Crippen molar-refractivity contribution in [2.75, 3.05) is 31.3 Å². The number of halogens is 5. The van der Waals surface area contributed by atoms with Gasteiger partial charge in [-0.25, -0.2) is 28.1 Å². The van der Waals surface area contributed by atoms with Gasteiger partial charge in [0.05, 0.1) is 13.1 Å². The van der Waals surface area contributed by atoms with Crippen LogP contribution in [0.25, 0.3) is 0 Å². The summed E-state index contributed by atoms with van der Waals surface area (Å²) in [5, 5.41) is 9.64. The smallest absolute Gasteiger partial charge is 0.321 e. The van der Waals surface area contributed by atoms with Gasteiger partial charge in [0.1, 0.15) is 37.0 Å². The molecule has 16 heteroatoms. The van der Waals surface area contributed by atoms with Crippen LogP contribution in [0.2, 0.25) is 10.0 Å². The molecule has 2 aromatic carbocycles.